The molecule has 0 fully saturated rings. The predicted molar refractivity (Wildman–Crippen MR) is 83.4 cm³/mol. The van der Waals surface area contributed by atoms with Gasteiger partial charge in [0.05, 0.1) is 11.1 Å². The van der Waals surface area contributed by atoms with Gasteiger partial charge in [-0.2, -0.15) is 13.2 Å². The van der Waals surface area contributed by atoms with Crippen LogP contribution in [0.15, 0.2) is 42.5 Å². The molecule has 0 radical (unpaired) electrons. The second-order valence-electron chi connectivity index (χ2n) is 5.19. The number of benzene rings is 2. The average Bonchev–Trinajstić information content (AvgIpc) is 2.54. The molecule has 0 aliphatic heterocycles. The standard InChI is InChI=1S/C17H14F3NO4/c1-10-13(15(22)23)7-12(17(18,19)20)8-14(10)21-16(24)25-9-11-5-3-2-4-6-11/h2-8H,9H2,1H3,(H,21,24)(H,22,23). The fourth-order valence-corrected chi connectivity index (χ4v) is 2.10. The molecule has 0 heterocycles. The summed E-state index contributed by atoms with van der Waals surface area (Å²) in [5.41, 5.74) is -1.30. The predicted octanol–water partition coefficient (Wildman–Crippen LogP) is 4.46. The lowest BCUT2D eigenvalue weighted by molar-refractivity contribution is -0.137. The van der Waals surface area contributed by atoms with Crippen molar-refractivity contribution < 1.29 is 32.6 Å². The molecule has 0 bridgehead atoms. The minimum Gasteiger partial charge on any atom is -0.478 e. The van der Waals surface area contributed by atoms with E-state index in [9.17, 15) is 22.8 Å². The van der Waals surface area contributed by atoms with Crippen molar-refractivity contribution in [1.29, 1.82) is 0 Å². The van der Waals surface area contributed by atoms with Crippen molar-refractivity contribution in [3.05, 3.63) is 64.7 Å². The molecule has 0 aromatic heterocycles. The summed E-state index contributed by atoms with van der Waals surface area (Å²) in [4.78, 5) is 23.0. The zero-order valence-electron chi connectivity index (χ0n) is 13.1. The van der Waals surface area contributed by atoms with Crippen molar-refractivity contribution in [2.24, 2.45) is 0 Å². The van der Waals surface area contributed by atoms with Gasteiger partial charge in [0, 0.05) is 5.69 Å². The number of halogens is 3. The molecule has 0 spiro atoms. The number of ether oxygens (including phenoxy) is 1. The molecule has 5 nitrogen and oxygen atoms in total. The molecular weight excluding hydrogens is 339 g/mol. The van der Waals surface area contributed by atoms with Gasteiger partial charge in [-0.05, 0) is 30.2 Å². The van der Waals surface area contributed by atoms with Gasteiger partial charge in [0.25, 0.3) is 0 Å². The van der Waals surface area contributed by atoms with Gasteiger partial charge in [-0.3, -0.25) is 5.32 Å². The molecule has 1 amide bonds. The van der Waals surface area contributed by atoms with Crippen LogP contribution in [0, 0.1) is 6.92 Å². The highest BCUT2D eigenvalue weighted by atomic mass is 19.4. The van der Waals surface area contributed by atoms with Crippen LogP contribution in [-0.4, -0.2) is 17.2 Å². The summed E-state index contributed by atoms with van der Waals surface area (Å²) in [7, 11) is 0. The zero-order chi connectivity index (χ0) is 18.6. The van der Waals surface area contributed by atoms with E-state index >= 15 is 0 Å². The van der Waals surface area contributed by atoms with E-state index in [1.165, 1.54) is 6.92 Å². The number of nitrogens with one attached hydrogen (secondary N) is 1. The normalized spacial score (nSPS) is 11.0. The maximum Gasteiger partial charge on any atom is 0.416 e. The molecule has 0 aliphatic rings. The molecule has 0 saturated carbocycles. The van der Waals surface area contributed by atoms with Gasteiger partial charge < -0.3 is 9.84 Å². The van der Waals surface area contributed by atoms with Crippen LogP contribution in [0.1, 0.15) is 27.0 Å². The maximum atomic E-state index is 12.9. The average molecular weight is 353 g/mol. The van der Waals surface area contributed by atoms with Crippen molar-refractivity contribution >= 4 is 17.7 Å². The van der Waals surface area contributed by atoms with E-state index in [4.69, 9.17) is 9.84 Å². The van der Waals surface area contributed by atoms with Crippen LogP contribution in [0.25, 0.3) is 0 Å². The number of hydrogen-bond donors (Lipinski definition) is 2. The number of carboxylic acid groups (broad SMARTS) is 1. The Morgan fingerprint density at radius 1 is 1.16 bits per heavy atom. The lowest BCUT2D eigenvalue weighted by Gasteiger charge is -2.15. The first-order valence-electron chi connectivity index (χ1n) is 7.11. The summed E-state index contributed by atoms with van der Waals surface area (Å²) in [6, 6.07) is 9.89. The van der Waals surface area contributed by atoms with Crippen LogP contribution in [0.4, 0.5) is 23.7 Å². The number of amides is 1. The quantitative estimate of drug-likeness (QED) is 0.851. The molecule has 132 valence electrons. The van der Waals surface area contributed by atoms with Crippen LogP contribution in [0.5, 0.6) is 0 Å². The Morgan fingerprint density at radius 3 is 2.36 bits per heavy atom. The molecule has 0 saturated heterocycles. The third kappa shape index (κ3) is 4.72. The highest BCUT2D eigenvalue weighted by Gasteiger charge is 2.33. The summed E-state index contributed by atoms with van der Waals surface area (Å²) < 4.78 is 43.7. The Balaban J connectivity index is 2.21. The Labute approximate surface area is 141 Å². The van der Waals surface area contributed by atoms with E-state index in [2.05, 4.69) is 5.32 Å². The Bertz CT molecular complexity index is 788. The Morgan fingerprint density at radius 2 is 1.80 bits per heavy atom. The molecule has 2 aromatic carbocycles. The van der Waals surface area contributed by atoms with Crippen molar-refractivity contribution in [3.63, 3.8) is 0 Å². The summed E-state index contributed by atoms with van der Waals surface area (Å²) >= 11 is 0. The van der Waals surface area contributed by atoms with Gasteiger partial charge in [0.1, 0.15) is 6.61 Å². The number of rotatable bonds is 4. The topological polar surface area (TPSA) is 75.6 Å². The summed E-state index contributed by atoms with van der Waals surface area (Å²) in [6.45, 7) is 1.23. The van der Waals surface area contributed by atoms with Crippen LogP contribution in [0.3, 0.4) is 0 Å². The third-order valence-electron chi connectivity index (χ3n) is 3.41. The second kappa shape index (κ2) is 7.25. The van der Waals surface area contributed by atoms with Crippen LogP contribution >= 0.6 is 0 Å². The van der Waals surface area contributed by atoms with Crippen LogP contribution in [0.2, 0.25) is 0 Å². The molecule has 0 aliphatic carbocycles. The molecule has 2 N–H and O–H groups in total. The number of carbonyl (C=O) groups excluding carboxylic acids is 1. The van der Waals surface area contributed by atoms with Crippen molar-refractivity contribution in [2.75, 3.05) is 5.32 Å². The molecule has 25 heavy (non-hydrogen) atoms. The van der Waals surface area contributed by atoms with E-state index in [-0.39, 0.29) is 17.9 Å². The molecule has 2 aromatic rings. The number of carbonyl (C=O) groups is 2. The van der Waals surface area contributed by atoms with Crippen molar-refractivity contribution in [3.8, 4) is 0 Å². The monoisotopic (exact) mass is 353 g/mol. The van der Waals surface area contributed by atoms with Crippen LogP contribution < -0.4 is 5.32 Å². The minimum atomic E-state index is -4.75. The maximum absolute atomic E-state index is 12.9. The largest absolute Gasteiger partial charge is 0.478 e. The molecule has 0 atom stereocenters. The van der Waals surface area contributed by atoms with E-state index in [1.807, 2.05) is 0 Å². The van der Waals surface area contributed by atoms with Gasteiger partial charge in [-0.15, -0.1) is 0 Å². The first kappa shape index (κ1) is 18.3. The van der Waals surface area contributed by atoms with Gasteiger partial charge >= 0.3 is 18.2 Å². The first-order chi connectivity index (χ1) is 11.7. The van der Waals surface area contributed by atoms with Gasteiger partial charge in [0.2, 0.25) is 0 Å². The number of hydrogen-bond acceptors (Lipinski definition) is 3. The van der Waals surface area contributed by atoms with Crippen molar-refractivity contribution in [2.45, 2.75) is 19.7 Å². The Hall–Kier alpha value is -3.03. The SMILES string of the molecule is Cc1c(NC(=O)OCc2ccccc2)cc(C(F)(F)F)cc1C(=O)O. The summed E-state index contributed by atoms with van der Waals surface area (Å²) in [6.07, 6.45) is -5.73. The first-order valence-corrected chi connectivity index (χ1v) is 7.11. The summed E-state index contributed by atoms with van der Waals surface area (Å²) in [5.74, 6) is -1.52. The van der Waals surface area contributed by atoms with Crippen LogP contribution in [-0.2, 0) is 17.5 Å². The fourth-order valence-electron chi connectivity index (χ4n) is 2.10. The summed E-state index contributed by atoms with van der Waals surface area (Å²) in [5, 5.41) is 11.2. The Kier molecular flexibility index (Phi) is 5.31. The number of anilines is 1. The fraction of sp³-hybridized carbons (Fsp3) is 0.176. The van der Waals surface area contributed by atoms with Gasteiger partial charge in [-0.1, -0.05) is 30.3 Å². The molecule has 8 heteroatoms. The highest BCUT2D eigenvalue weighted by molar-refractivity contribution is 5.94. The van der Waals surface area contributed by atoms with E-state index in [1.54, 1.807) is 30.3 Å². The van der Waals surface area contributed by atoms with Gasteiger partial charge in [-0.25, -0.2) is 9.59 Å². The van der Waals surface area contributed by atoms with Crippen molar-refractivity contribution in [1.82, 2.24) is 0 Å². The van der Waals surface area contributed by atoms with E-state index < -0.39 is 29.4 Å². The lowest BCUT2D eigenvalue weighted by atomic mass is 10.0. The third-order valence-corrected chi connectivity index (χ3v) is 3.41. The lowest BCUT2D eigenvalue weighted by Crippen LogP contribution is -2.17. The van der Waals surface area contributed by atoms with Gasteiger partial charge in [0.15, 0.2) is 0 Å². The second-order valence-corrected chi connectivity index (χ2v) is 5.19. The molecule has 0 unspecified atom stereocenters. The number of carboxylic acids is 1. The zero-order valence-corrected chi connectivity index (χ0v) is 13.1. The molecular formula is C17H14F3NO4. The van der Waals surface area contributed by atoms with E-state index in [0.29, 0.717) is 17.7 Å². The van der Waals surface area contributed by atoms with E-state index in [0.717, 1.165) is 0 Å². The smallest absolute Gasteiger partial charge is 0.416 e. The molecule has 2 rings (SSSR count). The number of alkyl halides is 3. The minimum absolute atomic E-state index is 0.00263. The highest BCUT2D eigenvalue weighted by Crippen LogP contribution is 2.34. The number of aromatic carboxylic acids is 1.